The SMILES string of the molecule is O=C(NCCCN1CCCC1=O)c1ccccc1-n1cccn1. The van der Waals surface area contributed by atoms with Gasteiger partial charge in [0.1, 0.15) is 0 Å². The second-order valence-electron chi connectivity index (χ2n) is 5.56. The minimum atomic E-state index is -0.121. The van der Waals surface area contributed by atoms with Crippen LogP contribution in [0, 0.1) is 0 Å². The molecule has 0 radical (unpaired) electrons. The van der Waals surface area contributed by atoms with Crippen molar-refractivity contribution < 1.29 is 9.59 Å². The van der Waals surface area contributed by atoms with Gasteiger partial charge in [0.2, 0.25) is 5.91 Å². The molecular weight excluding hydrogens is 292 g/mol. The van der Waals surface area contributed by atoms with Crippen molar-refractivity contribution in [3.8, 4) is 5.69 Å². The fourth-order valence-electron chi connectivity index (χ4n) is 2.78. The number of rotatable bonds is 6. The standard InChI is InChI=1S/C17H20N4O2/c22-16-8-3-11-20(16)12-4-9-18-17(23)14-6-1-2-7-15(14)21-13-5-10-19-21/h1-2,5-7,10,13H,3-4,8-9,11-12H2,(H,18,23). The molecule has 2 aromatic rings. The van der Waals surface area contributed by atoms with Gasteiger partial charge in [0.15, 0.2) is 0 Å². The lowest BCUT2D eigenvalue weighted by Crippen LogP contribution is -2.31. The summed E-state index contributed by atoms with van der Waals surface area (Å²) < 4.78 is 1.68. The molecule has 1 saturated heterocycles. The van der Waals surface area contributed by atoms with Gasteiger partial charge in [-0.2, -0.15) is 5.10 Å². The number of benzene rings is 1. The predicted octanol–water partition coefficient (Wildman–Crippen LogP) is 1.61. The summed E-state index contributed by atoms with van der Waals surface area (Å²) >= 11 is 0. The molecule has 2 heterocycles. The first kappa shape index (κ1) is 15.3. The molecule has 0 unspecified atom stereocenters. The largest absolute Gasteiger partial charge is 0.352 e. The van der Waals surface area contributed by atoms with Crippen molar-refractivity contribution >= 4 is 11.8 Å². The molecule has 23 heavy (non-hydrogen) atoms. The number of aromatic nitrogens is 2. The normalized spacial score (nSPS) is 14.3. The van der Waals surface area contributed by atoms with E-state index in [1.807, 2.05) is 35.4 Å². The zero-order chi connectivity index (χ0) is 16.1. The summed E-state index contributed by atoms with van der Waals surface area (Å²) in [6, 6.07) is 9.19. The molecule has 2 amide bonds. The van der Waals surface area contributed by atoms with Crippen molar-refractivity contribution in [2.24, 2.45) is 0 Å². The van der Waals surface area contributed by atoms with Crippen LogP contribution in [0.4, 0.5) is 0 Å². The number of para-hydroxylation sites is 1. The van der Waals surface area contributed by atoms with Crippen LogP contribution in [-0.4, -0.2) is 46.1 Å². The Bertz CT molecular complexity index is 682. The Balaban J connectivity index is 1.55. The molecule has 0 atom stereocenters. The lowest BCUT2D eigenvalue weighted by atomic mass is 10.1. The molecule has 0 saturated carbocycles. The van der Waals surface area contributed by atoms with Crippen LogP contribution < -0.4 is 5.32 Å². The number of carbonyl (C=O) groups excluding carboxylic acids is 2. The summed E-state index contributed by atoms with van der Waals surface area (Å²) in [5.41, 5.74) is 1.35. The Morgan fingerprint density at radius 3 is 2.87 bits per heavy atom. The van der Waals surface area contributed by atoms with E-state index >= 15 is 0 Å². The van der Waals surface area contributed by atoms with Gasteiger partial charge in [-0.15, -0.1) is 0 Å². The molecule has 1 N–H and O–H groups in total. The molecule has 0 aliphatic carbocycles. The minimum Gasteiger partial charge on any atom is -0.352 e. The fourth-order valence-corrected chi connectivity index (χ4v) is 2.78. The average molecular weight is 312 g/mol. The highest BCUT2D eigenvalue weighted by Crippen LogP contribution is 2.13. The summed E-state index contributed by atoms with van der Waals surface area (Å²) in [4.78, 5) is 25.8. The predicted molar refractivity (Wildman–Crippen MR) is 86.3 cm³/mol. The molecule has 1 aliphatic heterocycles. The lowest BCUT2D eigenvalue weighted by Gasteiger charge is -2.15. The van der Waals surface area contributed by atoms with Crippen LogP contribution in [0.25, 0.3) is 5.69 Å². The number of amides is 2. The third-order valence-corrected chi connectivity index (χ3v) is 3.96. The van der Waals surface area contributed by atoms with Crippen molar-refractivity contribution in [2.45, 2.75) is 19.3 Å². The molecule has 6 nitrogen and oxygen atoms in total. The van der Waals surface area contributed by atoms with Crippen molar-refractivity contribution in [1.29, 1.82) is 0 Å². The van der Waals surface area contributed by atoms with E-state index in [1.165, 1.54) is 0 Å². The van der Waals surface area contributed by atoms with Gasteiger partial charge in [0.05, 0.1) is 11.3 Å². The second-order valence-corrected chi connectivity index (χ2v) is 5.56. The first-order valence-corrected chi connectivity index (χ1v) is 7.91. The van der Waals surface area contributed by atoms with Gasteiger partial charge < -0.3 is 10.2 Å². The lowest BCUT2D eigenvalue weighted by molar-refractivity contribution is -0.127. The van der Waals surface area contributed by atoms with Gasteiger partial charge in [0.25, 0.3) is 5.91 Å². The molecule has 6 heteroatoms. The van der Waals surface area contributed by atoms with Crippen LogP contribution in [0.3, 0.4) is 0 Å². The van der Waals surface area contributed by atoms with Gasteiger partial charge in [0, 0.05) is 38.4 Å². The van der Waals surface area contributed by atoms with Crippen molar-refractivity contribution in [3.63, 3.8) is 0 Å². The molecule has 0 bridgehead atoms. The summed E-state index contributed by atoms with van der Waals surface area (Å²) in [5, 5.41) is 7.10. The Morgan fingerprint density at radius 1 is 1.26 bits per heavy atom. The summed E-state index contributed by atoms with van der Waals surface area (Å²) in [6.07, 6.45) is 5.86. The quantitative estimate of drug-likeness (QED) is 0.824. The van der Waals surface area contributed by atoms with Crippen LogP contribution in [0.5, 0.6) is 0 Å². The first-order chi connectivity index (χ1) is 11.3. The Labute approximate surface area is 135 Å². The van der Waals surface area contributed by atoms with Crippen LogP contribution in [0.15, 0.2) is 42.7 Å². The van der Waals surface area contributed by atoms with Gasteiger partial charge in [-0.3, -0.25) is 9.59 Å². The van der Waals surface area contributed by atoms with Gasteiger partial charge in [-0.1, -0.05) is 12.1 Å². The highest BCUT2D eigenvalue weighted by atomic mass is 16.2. The smallest absolute Gasteiger partial charge is 0.253 e. The van der Waals surface area contributed by atoms with E-state index in [1.54, 1.807) is 16.9 Å². The van der Waals surface area contributed by atoms with E-state index < -0.39 is 0 Å². The summed E-state index contributed by atoms with van der Waals surface area (Å²) in [7, 11) is 0. The highest BCUT2D eigenvalue weighted by molar-refractivity contribution is 5.97. The third-order valence-electron chi connectivity index (χ3n) is 3.96. The topological polar surface area (TPSA) is 67.2 Å². The molecule has 0 spiro atoms. The monoisotopic (exact) mass is 312 g/mol. The Hall–Kier alpha value is -2.63. The number of nitrogens with one attached hydrogen (secondary N) is 1. The van der Waals surface area contributed by atoms with E-state index in [0.29, 0.717) is 25.1 Å². The average Bonchev–Trinajstić information content (AvgIpc) is 3.23. The van der Waals surface area contributed by atoms with Gasteiger partial charge in [-0.25, -0.2) is 4.68 Å². The Morgan fingerprint density at radius 2 is 2.13 bits per heavy atom. The van der Waals surface area contributed by atoms with Crippen LogP contribution in [0.1, 0.15) is 29.6 Å². The maximum absolute atomic E-state index is 12.4. The van der Waals surface area contributed by atoms with E-state index in [0.717, 1.165) is 25.1 Å². The second kappa shape index (κ2) is 7.09. The van der Waals surface area contributed by atoms with Gasteiger partial charge in [-0.05, 0) is 31.0 Å². The number of nitrogens with zero attached hydrogens (tertiary/aromatic N) is 3. The fraction of sp³-hybridized carbons (Fsp3) is 0.353. The van der Waals surface area contributed by atoms with E-state index in [2.05, 4.69) is 10.4 Å². The third kappa shape index (κ3) is 3.59. The maximum atomic E-state index is 12.4. The number of likely N-dealkylation sites (tertiary alicyclic amines) is 1. The van der Waals surface area contributed by atoms with E-state index in [9.17, 15) is 9.59 Å². The minimum absolute atomic E-state index is 0.121. The molecule has 120 valence electrons. The number of hydrogen-bond acceptors (Lipinski definition) is 3. The molecule has 1 aromatic heterocycles. The molecule has 1 aliphatic rings. The first-order valence-electron chi connectivity index (χ1n) is 7.91. The number of carbonyl (C=O) groups is 2. The molecule has 3 rings (SSSR count). The van der Waals surface area contributed by atoms with Crippen molar-refractivity contribution in [3.05, 3.63) is 48.3 Å². The zero-order valence-corrected chi connectivity index (χ0v) is 12.9. The molecule has 1 aromatic carbocycles. The highest BCUT2D eigenvalue weighted by Gasteiger charge is 2.19. The molecular formula is C17H20N4O2. The molecule has 1 fully saturated rings. The summed E-state index contributed by atoms with van der Waals surface area (Å²) in [5.74, 6) is 0.101. The zero-order valence-electron chi connectivity index (χ0n) is 12.9. The van der Waals surface area contributed by atoms with Crippen molar-refractivity contribution in [2.75, 3.05) is 19.6 Å². The van der Waals surface area contributed by atoms with Crippen LogP contribution >= 0.6 is 0 Å². The van der Waals surface area contributed by atoms with Crippen molar-refractivity contribution in [1.82, 2.24) is 20.0 Å². The summed E-state index contributed by atoms with van der Waals surface area (Å²) in [6.45, 7) is 2.10. The maximum Gasteiger partial charge on any atom is 0.253 e. The van der Waals surface area contributed by atoms with Gasteiger partial charge >= 0.3 is 0 Å². The van der Waals surface area contributed by atoms with E-state index in [4.69, 9.17) is 0 Å². The van der Waals surface area contributed by atoms with Crippen LogP contribution in [0.2, 0.25) is 0 Å². The van der Waals surface area contributed by atoms with Crippen LogP contribution in [-0.2, 0) is 4.79 Å². The Kier molecular flexibility index (Phi) is 4.71. The van der Waals surface area contributed by atoms with E-state index in [-0.39, 0.29) is 11.8 Å². The number of hydrogen-bond donors (Lipinski definition) is 1.